The Morgan fingerprint density at radius 1 is 1.42 bits per heavy atom. The number of rotatable bonds is 5. The van der Waals surface area contributed by atoms with E-state index in [-0.39, 0.29) is 5.91 Å². The van der Waals surface area contributed by atoms with E-state index < -0.39 is 0 Å². The first kappa shape index (κ1) is 9.30. The number of nitrogens with one attached hydrogen (secondary N) is 1. The molecule has 1 aliphatic rings. The van der Waals surface area contributed by atoms with Gasteiger partial charge in [0.2, 0.25) is 5.91 Å². The standard InChI is InChI=1S/C10H17NO/c1-2-3-4-5-6-9-7-8-10(12)11-9/h7H,2-6,8H2,1H3,(H,11,12). The van der Waals surface area contributed by atoms with Gasteiger partial charge in [-0.3, -0.25) is 4.79 Å². The van der Waals surface area contributed by atoms with Crippen molar-refractivity contribution in [3.05, 3.63) is 11.8 Å². The summed E-state index contributed by atoms with van der Waals surface area (Å²) in [4.78, 5) is 10.8. The number of carbonyl (C=O) groups is 1. The minimum absolute atomic E-state index is 0.153. The Morgan fingerprint density at radius 3 is 2.83 bits per heavy atom. The van der Waals surface area contributed by atoms with Crippen LogP contribution in [-0.2, 0) is 4.79 Å². The molecule has 0 aromatic rings. The smallest absolute Gasteiger partial charge is 0.227 e. The van der Waals surface area contributed by atoms with Gasteiger partial charge in [-0.25, -0.2) is 0 Å². The van der Waals surface area contributed by atoms with Crippen LogP contribution in [0.25, 0.3) is 0 Å². The lowest BCUT2D eigenvalue weighted by molar-refractivity contribution is -0.118. The van der Waals surface area contributed by atoms with Crippen molar-refractivity contribution in [3.8, 4) is 0 Å². The molecular formula is C10H17NO. The van der Waals surface area contributed by atoms with Crippen LogP contribution in [0.3, 0.4) is 0 Å². The zero-order valence-corrected chi connectivity index (χ0v) is 7.73. The molecule has 12 heavy (non-hydrogen) atoms. The fourth-order valence-corrected chi connectivity index (χ4v) is 1.40. The fraction of sp³-hybridized carbons (Fsp3) is 0.700. The van der Waals surface area contributed by atoms with Gasteiger partial charge in [0.15, 0.2) is 0 Å². The van der Waals surface area contributed by atoms with Gasteiger partial charge >= 0.3 is 0 Å². The Morgan fingerprint density at radius 2 is 2.25 bits per heavy atom. The molecule has 2 nitrogen and oxygen atoms in total. The van der Waals surface area contributed by atoms with Gasteiger partial charge in [0.25, 0.3) is 0 Å². The summed E-state index contributed by atoms with van der Waals surface area (Å²) in [5, 5.41) is 2.85. The molecule has 1 rings (SSSR count). The van der Waals surface area contributed by atoms with E-state index in [0.29, 0.717) is 6.42 Å². The Labute approximate surface area is 74.0 Å². The number of carbonyl (C=O) groups excluding carboxylic acids is 1. The van der Waals surface area contributed by atoms with E-state index in [0.717, 1.165) is 12.1 Å². The van der Waals surface area contributed by atoms with Crippen LogP contribution in [0.4, 0.5) is 0 Å². The van der Waals surface area contributed by atoms with E-state index in [4.69, 9.17) is 0 Å². The van der Waals surface area contributed by atoms with Crippen molar-refractivity contribution in [1.82, 2.24) is 5.32 Å². The minimum atomic E-state index is 0.153. The summed E-state index contributed by atoms with van der Waals surface area (Å²) in [6.45, 7) is 2.20. The van der Waals surface area contributed by atoms with E-state index >= 15 is 0 Å². The van der Waals surface area contributed by atoms with Crippen molar-refractivity contribution in [1.29, 1.82) is 0 Å². The van der Waals surface area contributed by atoms with Gasteiger partial charge in [0.05, 0.1) is 0 Å². The number of unbranched alkanes of at least 4 members (excludes halogenated alkanes) is 3. The number of hydrogen-bond donors (Lipinski definition) is 1. The molecule has 1 aliphatic heterocycles. The Balaban J connectivity index is 2.04. The van der Waals surface area contributed by atoms with Gasteiger partial charge in [0.1, 0.15) is 0 Å². The largest absolute Gasteiger partial charge is 0.330 e. The molecule has 0 aromatic carbocycles. The monoisotopic (exact) mass is 167 g/mol. The Kier molecular flexibility index (Phi) is 3.85. The minimum Gasteiger partial charge on any atom is -0.330 e. The highest BCUT2D eigenvalue weighted by molar-refractivity contribution is 5.82. The first-order valence-corrected chi connectivity index (χ1v) is 4.82. The summed E-state index contributed by atoms with van der Waals surface area (Å²) in [6.07, 6.45) is 8.71. The zero-order valence-electron chi connectivity index (χ0n) is 7.73. The van der Waals surface area contributed by atoms with E-state index in [1.54, 1.807) is 0 Å². The lowest BCUT2D eigenvalue weighted by Gasteiger charge is -2.01. The van der Waals surface area contributed by atoms with Crippen LogP contribution >= 0.6 is 0 Å². The van der Waals surface area contributed by atoms with Crippen LogP contribution in [-0.4, -0.2) is 5.91 Å². The molecule has 0 aromatic heterocycles. The molecule has 68 valence electrons. The molecule has 0 aliphatic carbocycles. The number of allylic oxidation sites excluding steroid dienone is 1. The number of amides is 1. The van der Waals surface area contributed by atoms with Crippen LogP contribution in [0.1, 0.15) is 45.4 Å². The predicted octanol–water partition coefficient (Wildman–Crippen LogP) is 2.36. The molecule has 2 heteroatoms. The highest BCUT2D eigenvalue weighted by atomic mass is 16.1. The van der Waals surface area contributed by atoms with Crippen molar-refractivity contribution >= 4 is 5.91 Å². The van der Waals surface area contributed by atoms with Crippen molar-refractivity contribution in [2.75, 3.05) is 0 Å². The van der Waals surface area contributed by atoms with Crippen LogP contribution in [0.5, 0.6) is 0 Å². The first-order chi connectivity index (χ1) is 5.83. The van der Waals surface area contributed by atoms with Gasteiger partial charge in [-0.2, -0.15) is 0 Å². The van der Waals surface area contributed by atoms with E-state index in [2.05, 4.69) is 12.2 Å². The summed E-state index contributed by atoms with van der Waals surface area (Å²) in [5.74, 6) is 0.153. The van der Waals surface area contributed by atoms with Crippen molar-refractivity contribution in [2.24, 2.45) is 0 Å². The van der Waals surface area contributed by atoms with Crippen molar-refractivity contribution in [2.45, 2.75) is 45.4 Å². The maximum absolute atomic E-state index is 10.8. The molecule has 1 amide bonds. The molecule has 0 bridgehead atoms. The van der Waals surface area contributed by atoms with Gasteiger partial charge in [0, 0.05) is 12.1 Å². The SMILES string of the molecule is CCCCCCC1=CCC(=O)N1. The quantitative estimate of drug-likeness (QED) is 0.626. The van der Waals surface area contributed by atoms with Gasteiger partial charge < -0.3 is 5.32 Å². The molecule has 0 fully saturated rings. The maximum atomic E-state index is 10.8. The van der Waals surface area contributed by atoms with Crippen LogP contribution in [0.15, 0.2) is 11.8 Å². The molecule has 0 radical (unpaired) electrons. The van der Waals surface area contributed by atoms with E-state index in [9.17, 15) is 4.79 Å². The van der Waals surface area contributed by atoms with E-state index in [1.165, 1.54) is 25.7 Å². The number of hydrogen-bond acceptors (Lipinski definition) is 1. The zero-order chi connectivity index (χ0) is 8.81. The normalized spacial score (nSPS) is 16.1. The molecule has 0 saturated carbocycles. The van der Waals surface area contributed by atoms with Crippen molar-refractivity contribution in [3.63, 3.8) is 0 Å². The highest BCUT2D eigenvalue weighted by Crippen LogP contribution is 2.12. The third-order valence-electron chi connectivity index (χ3n) is 2.13. The molecule has 1 heterocycles. The molecule has 0 atom stereocenters. The van der Waals surface area contributed by atoms with Crippen molar-refractivity contribution < 1.29 is 4.79 Å². The molecule has 0 saturated heterocycles. The summed E-state index contributed by atoms with van der Waals surface area (Å²) >= 11 is 0. The average Bonchev–Trinajstić information content (AvgIpc) is 2.45. The molecule has 0 spiro atoms. The maximum Gasteiger partial charge on any atom is 0.227 e. The summed E-state index contributed by atoms with van der Waals surface area (Å²) in [7, 11) is 0. The second-order valence-corrected chi connectivity index (χ2v) is 3.29. The topological polar surface area (TPSA) is 29.1 Å². The second kappa shape index (κ2) is 4.96. The van der Waals surface area contributed by atoms with E-state index in [1.807, 2.05) is 6.08 Å². The molecular weight excluding hydrogens is 150 g/mol. The van der Waals surface area contributed by atoms with Gasteiger partial charge in [-0.05, 0) is 12.8 Å². The first-order valence-electron chi connectivity index (χ1n) is 4.82. The van der Waals surface area contributed by atoms with Crippen LogP contribution in [0.2, 0.25) is 0 Å². The Bertz CT molecular complexity index is 184. The second-order valence-electron chi connectivity index (χ2n) is 3.29. The van der Waals surface area contributed by atoms with Crippen LogP contribution < -0.4 is 5.32 Å². The lowest BCUT2D eigenvalue weighted by Crippen LogP contribution is -2.14. The lowest BCUT2D eigenvalue weighted by atomic mass is 10.1. The molecule has 0 unspecified atom stereocenters. The summed E-state index contributed by atoms with van der Waals surface area (Å²) in [6, 6.07) is 0. The third-order valence-corrected chi connectivity index (χ3v) is 2.13. The van der Waals surface area contributed by atoms with Gasteiger partial charge in [-0.15, -0.1) is 0 Å². The molecule has 1 N–H and O–H groups in total. The third kappa shape index (κ3) is 3.07. The van der Waals surface area contributed by atoms with Gasteiger partial charge in [-0.1, -0.05) is 32.3 Å². The Hall–Kier alpha value is -0.790. The average molecular weight is 167 g/mol. The predicted molar refractivity (Wildman–Crippen MR) is 49.6 cm³/mol. The summed E-state index contributed by atoms with van der Waals surface area (Å²) in [5.41, 5.74) is 1.14. The summed E-state index contributed by atoms with van der Waals surface area (Å²) < 4.78 is 0. The van der Waals surface area contributed by atoms with Crippen LogP contribution in [0, 0.1) is 0 Å². The highest BCUT2D eigenvalue weighted by Gasteiger charge is 2.09. The fourth-order valence-electron chi connectivity index (χ4n) is 1.40.